The molecule has 0 aliphatic carbocycles. The lowest BCUT2D eigenvalue weighted by Crippen LogP contribution is -2.24. The summed E-state index contributed by atoms with van der Waals surface area (Å²) in [5.41, 5.74) is 4.02. The number of hydrazone groups is 1. The van der Waals surface area contributed by atoms with Gasteiger partial charge in [-0.3, -0.25) is 4.79 Å². The number of ether oxygens (including phenoxy) is 1. The summed E-state index contributed by atoms with van der Waals surface area (Å²) in [7, 11) is 1.58. The van der Waals surface area contributed by atoms with E-state index in [1.165, 1.54) is 11.0 Å². The lowest BCUT2D eigenvalue weighted by Gasteiger charge is -2.03. The SMILES string of the molecule is COc1ccccc1/C=N/NC(=O)Cn1nnc(-c2ccccc2)n1. The zero-order valence-corrected chi connectivity index (χ0v) is 13.5. The van der Waals surface area contributed by atoms with Crippen LogP contribution in [0.5, 0.6) is 5.75 Å². The molecule has 0 unspecified atom stereocenters. The van der Waals surface area contributed by atoms with E-state index in [-0.39, 0.29) is 12.5 Å². The molecule has 2 aromatic carbocycles. The first-order valence-corrected chi connectivity index (χ1v) is 7.54. The number of aromatic nitrogens is 4. The summed E-state index contributed by atoms with van der Waals surface area (Å²) in [5.74, 6) is 0.778. The average molecular weight is 336 g/mol. The normalized spacial score (nSPS) is 10.8. The standard InChI is InChI=1S/C17H16N6O2/c1-25-15-10-6-5-9-14(15)11-18-19-16(24)12-23-21-17(20-22-23)13-7-3-2-4-8-13/h2-11H,12H2,1H3,(H,19,24)/b18-11+. The Balaban J connectivity index is 1.58. The predicted octanol–water partition coefficient (Wildman–Crippen LogP) is 1.50. The Bertz CT molecular complexity index is 876. The van der Waals surface area contributed by atoms with E-state index in [4.69, 9.17) is 4.74 Å². The third kappa shape index (κ3) is 4.25. The number of methoxy groups -OCH3 is 1. The molecule has 1 N–H and O–H groups in total. The Labute approximate surface area is 144 Å². The number of tetrazole rings is 1. The molecular formula is C17H16N6O2. The number of nitrogens with one attached hydrogen (secondary N) is 1. The molecular weight excluding hydrogens is 320 g/mol. The van der Waals surface area contributed by atoms with Crippen LogP contribution in [0.25, 0.3) is 11.4 Å². The number of benzene rings is 2. The molecule has 0 saturated heterocycles. The number of hydrogen-bond acceptors (Lipinski definition) is 6. The molecule has 25 heavy (non-hydrogen) atoms. The maximum Gasteiger partial charge on any atom is 0.263 e. The van der Waals surface area contributed by atoms with Crippen LogP contribution in [0.2, 0.25) is 0 Å². The molecule has 3 aromatic rings. The predicted molar refractivity (Wildman–Crippen MR) is 92.0 cm³/mol. The molecule has 1 heterocycles. The van der Waals surface area contributed by atoms with Crippen LogP contribution in [0.15, 0.2) is 59.7 Å². The van der Waals surface area contributed by atoms with Gasteiger partial charge < -0.3 is 4.74 Å². The summed E-state index contributed by atoms with van der Waals surface area (Å²) in [6, 6.07) is 16.8. The van der Waals surface area contributed by atoms with Crippen molar-refractivity contribution in [3.05, 3.63) is 60.2 Å². The third-order valence-corrected chi connectivity index (χ3v) is 3.30. The lowest BCUT2D eigenvalue weighted by molar-refractivity contribution is -0.122. The van der Waals surface area contributed by atoms with Gasteiger partial charge >= 0.3 is 0 Å². The number of rotatable bonds is 6. The van der Waals surface area contributed by atoms with E-state index in [0.717, 1.165) is 11.1 Å². The highest BCUT2D eigenvalue weighted by atomic mass is 16.5. The number of para-hydroxylation sites is 1. The highest BCUT2D eigenvalue weighted by Gasteiger charge is 2.08. The molecule has 8 nitrogen and oxygen atoms in total. The van der Waals surface area contributed by atoms with Crippen molar-refractivity contribution in [3.8, 4) is 17.1 Å². The molecule has 0 aliphatic rings. The van der Waals surface area contributed by atoms with Crippen LogP contribution >= 0.6 is 0 Å². The Morgan fingerprint density at radius 2 is 1.96 bits per heavy atom. The van der Waals surface area contributed by atoms with Crippen LogP contribution in [0, 0.1) is 0 Å². The van der Waals surface area contributed by atoms with E-state index in [1.54, 1.807) is 7.11 Å². The van der Waals surface area contributed by atoms with E-state index in [9.17, 15) is 4.79 Å². The third-order valence-electron chi connectivity index (χ3n) is 3.30. The van der Waals surface area contributed by atoms with Gasteiger partial charge in [0, 0.05) is 11.1 Å². The second-order valence-corrected chi connectivity index (χ2v) is 5.04. The van der Waals surface area contributed by atoms with Crippen molar-refractivity contribution >= 4 is 12.1 Å². The Kier molecular flexibility index (Phi) is 5.10. The van der Waals surface area contributed by atoms with Crippen LogP contribution in [0.3, 0.4) is 0 Å². The fourth-order valence-corrected chi connectivity index (χ4v) is 2.12. The van der Waals surface area contributed by atoms with Crippen molar-refractivity contribution in [2.75, 3.05) is 7.11 Å². The number of amides is 1. The van der Waals surface area contributed by atoms with E-state index < -0.39 is 0 Å². The summed E-state index contributed by atoms with van der Waals surface area (Å²) in [4.78, 5) is 13.1. The van der Waals surface area contributed by atoms with Gasteiger partial charge in [-0.15, -0.1) is 10.2 Å². The molecule has 1 amide bonds. The first kappa shape index (κ1) is 16.3. The van der Waals surface area contributed by atoms with Gasteiger partial charge in [-0.2, -0.15) is 9.90 Å². The summed E-state index contributed by atoms with van der Waals surface area (Å²) in [6.07, 6.45) is 1.51. The minimum Gasteiger partial charge on any atom is -0.496 e. The van der Waals surface area contributed by atoms with Crippen molar-refractivity contribution in [1.82, 2.24) is 25.6 Å². The lowest BCUT2D eigenvalue weighted by atomic mass is 10.2. The second kappa shape index (κ2) is 7.82. The van der Waals surface area contributed by atoms with E-state index in [2.05, 4.69) is 25.9 Å². The van der Waals surface area contributed by atoms with Crippen LogP contribution in [0.4, 0.5) is 0 Å². The van der Waals surface area contributed by atoms with Gasteiger partial charge in [0.15, 0.2) is 0 Å². The fourth-order valence-electron chi connectivity index (χ4n) is 2.12. The second-order valence-electron chi connectivity index (χ2n) is 5.04. The van der Waals surface area contributed by atoms with Gasteiger partial charge in [0.2, 0.25) is 5.82 Å². The largest absolute Gasteiger partial charge is 0.496 e. The van der Waals surface area contributed by atoms with Gasteiger partial charge in [0.25, 0.3) is 5.91 Å². The molecule has 0 aliphatic heterocycles. The quantitative estimate of drug-likeness (QED) is 0.544. The Hall–Kier alpha value is -3.55. The topological polar surface area (TPSA) is 94.3 Å². The van der Waals surface area contributed by atoms with E-state index >= 15 is 0 Å². The molecule has 0 bridgehead atoms. The number of carbonyl (C=O) groups is 1. The zero-order valence-electron chi connectivity index (χ0n) is 13.5. The molecule has 8 heteroatoms. The van der Waals surface area contributed by atoms with Gasteiger partial charge in [-0.25, -0.2) is 5.43 Å². The van der Waals surface area contributed by atoms with Gasteiger partial charge in [0.05, 0.1) is 13.3 Å². The molecule has 126 valence electrons. The smallest absolute Gasteiger partial charge is 0.263 e. The molecule has 0 fully saturated rings. The highest BCUT2D eigenvalue weighted by molar-refractivity contribution is 5.85. The molecule has 3 rings (SSSR count). The van der Waals surface area contributed by atoms with Crippen molar-refractivity contribution in [2.45, 2.75) is 6.54 Å². The average Bonchev–Trinajstić information content (AvgIpc) is 3.11. The van der Waals surface area contributed by atoms with Crippen LogP contribution in [-0.4, -0.2) is 39.4 Å². The maximum absolute atomic E-state index is 11.9. The molecule has 0 spiro atoms. The number of hydrogen-bond donors (Lipinski definition) is 1. The molecule has 1 aromatic heterocycles. The maximum atomic E-state index is 11.9. The Morgan fingerprint density at radius 1 is 1.20 bits per heavy atom. The fraction of sp³-hybridized carbons (Fsp3) is 0.118. The van der Waals surface area contributed by atoms with Gasteiger partial charge in [-0.1, -0.05) is 42.5 Å². The van der Waals surface area contributed by atoms with Gasteiger partial charge in [-0.05, 0) is 17.3 Å². The number of nitrogens with zero attached hydrogens (tertiary/aromatic N) is 5. The monoisotopic (exact) mass is 336 g/mol. The van der Waals surface area contributed by atoms with E-state index in [0.29, 0.717) is 11.6 Å². The summed E-state index contributed by atoms with van der Waals surface area (Å²) < 4.78 is 5.21. The van der Waals surface area contributed by atoms with Crippen LogP contribution in [0.1, 0.15) is 5.56 Å². The Morgan fingerprint density at radius 3 is 2.76 bits per heavy atom. The minimum atomic E-state index is -0.358. The molecule has 0 radical (unpaired) electrons. The van der Waals surface area contributed by atoms with Crippen molar-refractivity contribution in [2.24, 2.45) is 5.10 Å². The summed E-state index contributed by atoms with van der Waals surface area (Å²) in [5, 5.41) is 15.9. The highest BCUT2D eigenvalue weighted by Crippen LogP contribution is 2.14. The molecule has 0 saturated carbocycles. The minimum absolute atomic E-state index is 0.0803. The first-order chi connectivity index (χ1) is 12.3. The zero-order chi connectivity index (χ0) is 17.5. The first-order valence-electron chi connectivity index (χ1n) is 7.54. The van der Waals surface area contributed by atoms with Crippen molar-refractivity contribution in [3.63, 3.8) is 0 Å². The number of carbonyl (C=O) groups excluding carboxylic acids is 1. The van der Waals surface area contributed by atoms with Crippen molar-refractivity contribution < 1.29 is 9.53 Å². The van der Waals surface area contributed by atoms with E-state index in [1.807, 2.05) is 54.6 Å². The van der Waals surface area contributed by atoms with Gasteiger partial charge in [0.1, 0.15) is 12.3 Å². The summed E-state index contributed by atoms with van der Waals surface area (Å²) >= 11 is 0. The van der Waals surface area contributed by atoms with Crippen LogP contribution in [-0.2, 0) is 11.3 Å². The van der Waals surface area contributed by atoms with Crippen LogP contribution < -0.4 is 10.2 Å². The molecule has 0 atom stereocenters. The summed E-state index contributed by atoms with van der Waals surface area (Å²) in [6.45, 7) is -0.0803. The van der Waals surface area contributed by atoms with Crippen molar-refractivity contribution in [1.29, 1.82) is 0 Å².